The number of aromatic nitrogens is 3. The average molecular weight is 586 g/mol. The summed E-state index contributed by atoms with van der Waals surface area (Å²) in [6.07, 6.45) is -3.13. The smallest absolute Gasteiger partial charge is 0.379 e. The number of hydrogen-bond acceptors (Lipinski definition) is 10. The van der Waals surface area contributed by atoms with E-state index < -0.39 is 43.1 Å². The molecule has 0 amide bonds. The molecule has 5 N–H and O–H groups in total. The molecule has 1 aliphatic heterocycles. The van der Waals surface area contributed by atoms with Gasteiger partial charge in [0.05, 0.1) is 18.2 Å². The van der Waals surface area contributed by atoms with Crippen LogP contribution >= 0.6 is 23.5 Å². The maximum atomic E-state index is 15.7. The van der Waals surface area contributed by atoms with Crippen molar-refractivity contribution in [1.29, 1.82) is 0 Å². The van der Waals surface area contributed by atoms with Crippen LogP contribution in [0.2, 0.25) is 0 Å². The maximum Gasteiger partial charge on any atom is 0.379 e. The fourth-order valence-corrected chi connectivity index (χ4v) is 6.38. The van der Waals surface area contributed by atoms with Gasteiger partial charge in [-0.05, 0) is 41.1 Å². The van der Waals surface area contributed by atoms with Gasteiger partial charge in [-0.1, -0.05) is 25.1 Å². The van der Waals surface area contributed by atoms with Crippen LogP contribution in [0.3, 0.4) is 0 Å². The minimum absolute atomic E-state index is 0.104. The molecule has 14 heteroatoms. The van der Waals surface area contributed by atoms with Crippen LogP contribution in [0.25, 0.3) is 11.0 Å². The zero-order valence-electron chi connectivity index (χ0n) is 19.5. The van der Waals surface area contributed by atoms with E-state index in [1.807, 2.05) is 0 Å². The molecule has 0 bridgehead atoms. The van der Waals surface area contributed by atoms with Crippen molar-refractivity contribution in [3.05, 3.63) is 42.6 Å². The van der Waals surface area contributed by atoms with Crippen molar-refractivity contribution in [2.45, 2.75) is 36.9 Å². The van der Waals surface area contributed by atoms with Gasteiger partial charge >= 0.3 is 7.60 Å². The largest absolute Gasteiger partial charge is 0.424 e. The molecule has 0 radical (unpaired) electrons. The second-order valence-corrected chi connectivity index (χ2v) is 11.8. The summed E-state index contributed by atoms with van der Waals surface area (Å²) in [5, 5.41) is 11.1. The summed E-state index contributed by atoms with van der Waals surface area (Å²) >= 11 is 2.92. The number of aliphatic hydroxyl groups excluding tert-OH is 1. The average Bonchev–Trinajstić information content (AvgIpc) is 3.31. The molecule has 36 heavy (non-hydrogen) atoms. The molecule has 0 saturated carbocycles. The number of Topliss-reactive ketones (excluding diaryl/α,β-unsaturated/α-hetero) is 1. The Morgan fingerprint density at radius 2 is 2.03 bits per heavy atom. The minimum atomic E-state index is -3.91. The number of carbonyl (C=O) groups excluding carboxylic acids is 1. The number of para-hydroxylation sites is 1. The van der Waals surface area contributed by atoms with Gasteiger partial charge in [0.25, 0.3) is 0 Å². The zero-order chi connectivity index (χ0) is 26.3. The van der Waals surface area contributed by atoms with Crippen molar-refractivity contribution in [3.8, 4) is 5.75 Å². The number of ether oxygens (including phenoxy) is 1. The van der Waals surface area contributed by atoms with Gasteiger partial charge in [0.15, 0.2) is 6.23 Å². The second-order valence-electron chi connectivity index (χ2n) is 8.58. The van der Waals surface area contributed by atoms with Gasteiger partial charge in [0.2, 0.25) is 10.5 Å². The Bertz CT molecular complexity index is 1310. The molecule has 1 saturated heterocycles. The van der Waals surface area contributed by atoms with Crippen LogP contribution in [0.4, 0.5) is 16.2 Å². The third kappa shape index (κ3) is 5.25. The molecule has 2 aromatic heterocycles. The Labute approximate surface area is 214 Å². The predicted octanol–water partition coefficient (Wildman–Crippen LogP) is 3.43. The molecule has 0 spiro atoms. The van der Waals surface area contributed by atoms with Gasteiger partial charge < -0.3 is 30.4 Å². The summed E-state index contributed by atoms with van der Waals surface area (Å²) in [5.41, 5.74) is 11.8. The summed E-state index contributed by atoms with van der Waals surface area (Å²) in [6.45, 7) is 2.49. The first kappa shape index (κ1) is 26.5. The van der Waals surface area contributed by atoms with Gasteiger partial charge in [-0.2, -0.15) is 9.97 Å². The quantitative estimate of drug-likeness (QED) is 0.250. The number of fused-ring (bicyclic) bond motifs is 1. The van der Waals surface area contributed by atoms with Crippen LogP contribution < -0.4 is 16.0 Å². The lowest BCUT2D eigenvalue weighted by Crippen LogP contribution is -2.38. The first-order valence-corrected chi connectivity index (χ1v) is 13.5. The Morgan fingerprint density at radius 1 is 1.33 bits per heavy atom. The van der Waals surface area contributed by atoms with Crippen LogP contribution in [0, 0.1) is 5.92 Å². The van der Waals surface area contributed by atoms with Gasteiger partial charge in [0.1, 0.15) is 35.2 Å². The normalized spacial score (nSPS) is 26.5. The summed E-state index contributed by atoms with van der Waals surface area (Å²) in [6, 6.07) is 9.88. The first-order chi connectivity index (χ1) is 16.9. The van der Waals surface area contributed by atoms with E-state index in [9.17, 15) is 14.5 Å². The SMILES string of the molecule is CC(=O)[C@H](C)CP(=O)(OC[C@H]1O[C@@H](n2ccc3c(N)nc(N)nc32)[C@@](F)(Br)C1O)Oc1ccccc1. The highest BCUT2D eigenvalue weighted by molar-refractivity contribution is 9.10. The predicted molar refractivity (Wildman–Crippen MR) is 134 cm³/mol. The van der Waals surface area contributed by atoms with E-state index in [-0.39, 0.29) is 35.1 Å². The monoisotopic (exact) mass is 585 g/mol. The molecule has 11 nitrogen and oxygen atoms in total. The van der Waals surface area contributed by atoms with Crippen molar-refractivity contribution in [3.63, 3.8) is 0 Å². The van der Waals surface area contributed by atoms with E-state index in [4.69, 9.17) is 25.3 Å². The molecule has 3 aromatic rings. The molecule has 0 aliphatic carbocycles. The van der Waals surface area contributed by atoms with Gasteiger partial charge in [0, 0.05) is 12.1 Å². The van der Waals surface area contributed by atoms with Gasteiger partial charge in [-0.3, -0.25) is 9.32 Å². The number of anilines is 2. The molecular formula is C22H26BrFN5O6P. The number of halogens is 2. The van der Waals surface area contributed by atoms with E-state index in [0.717, 1.165) is 0 Å². The van der Waals surface area contributed by atoms with Crippen LogP contribution in [0.15, 0.2) is 42.6 Å². The molecular weight excluding hydrogens is 560 g/mol. The molecule has 1 aliphatic rings. The number of aliphatic hydroxyl groups is 1. The molecule has 4 rings (SSSR count). The Balaban J connectivity index is 1.57. The summed E-state index contributed by atoms with van der Waals surface area (Å²) < 4.78 is 45.2. The van der Waals surface area contributed by atoms with Crippen LogP contribution in [-0.2, 0) is 18.6 Å². The number of carbonyl (C=O) groups is 1. The van der Waals surface area contributed by atoms with E-state index in [1.54, 1.807) is 43.3 Å². The number of nitrogens with zero attached hydrogens (tertiary/aromatic N) is 3. The molecule has 3 heterocycles. The number of hydrogen-bond donors (Lipinski definition) is 3. The molecule has 1 fully saturated rings. The Hall–Kier alpha value is -2.57. The number of nitrogen functional groups attached to an aromatic ring is 2. The number of rotatable bonds is 9. The fraction of sp³-hybridized carbons (Fsp3) is 0.409. The van der Waals surface area contributed by atoms with Crippen LogP contribution in [0.1, 0.15) is 20.1 Å². The highest BCUT2D eigenvalue weighted by atomic mass is 79.9. The zero-order valence-corrected chi connectivity index (χ0v) is 21.9. The minimum Gasteiger partial charge on any atom is -0.424 e. The number of nitrogens with two attached hydrogens (primary N) is 2. The summed E-state index contributed by atoms with van der Waals surface area (Å²) in [5.74, 6) is -0.560. The standard InChI is InChI=1S/C22H26BrFN5O6P/c1-12(13(2)30)11-36(32,35-14-6-4-3-5-7-14)33-10-16-17(31)22(23,24)20(34-16)29-9-8-15-18(25)27-21(26)28-19(15)29/h3-9,12,16-17,20,31H,10-11H2,1-2H3,(H4,25,26,27,28)/t12-,16-,17?,20-,22-,36?/m1/s1. The maximum absolute atomic E-state index is 15.7. The van der Waals surface area contributed by atoms with E-state index in [1.165, 1.54) is 17.7 Å². The summed E-state index contributed by atoms with van der Waals surface area (Å²) in [4.78, 5) is 19.8. The van der Waals surface area contributed by atoms with Crippen molar-refractivity contribution < 1.29 is 32.6 Å². The van der Waals surface area contributed by atoms with Crippen LogP contribution in [-0.4, -0.2) is 55.0 Å². The topological polar surface area (TPSA) is 165 Å². The lowest BCUT2D eigenvalue weighted by Gasteiger charge is -2.24. The lowest BCUT2D eigenvalue weighted by molar-refractivity contribution is -0.119. The first-order valence-electron chi connectivity index (χ1n) is 11.0. The molecule has 1 aromatic carbocycles. The second kappa shape index (κ2) is 10.1. The fourth-order valence-electron chi connectivity index (χ4n) is 3.78. The number of ketones is 1. The van der Waals surface area contributed by atoms with Crippen LogP contribution in [0.5, 0.6) is 5.75 Å². The Morgan fingerprint density at radius 3 is 2.69 bits per heavy atom. The van der Waals surface area contributed by atoms with E-state index in [0.29, 0.717) is 5.39 Å². The van der Waals surface area contributed by atoms with E-state index in [2.05, 4.69) is 25.9 Å². The molecule has 194 valence electrons. The third-order valence-corrected chi connectivity index (χ3v) is 8.75. The molecule has 6 atom stereocenters. The molecule has 2 unspecified atom stereocenters. The third-order valence-electron chi connectivity index (χ3n) is 5.87. The van der Waals surface area contributed by atoms with Crippen molar-refractivity contribution >= 4 is 52.1 Å². The number of alkyl halides is 2. The highest BCUT2D eigenvalue weighted by Crippen LogP contribution is 2.52. The van der Waals surface area contributed by atoms with Crippen molar-refractivity contribution in [1.82, 2.24) is 14.5 Å². The van der Waals surface area contributed by atoms with Crippen molar-refractivity contribution in [2.75, 3.05) is 24.2 Å². The van der Waals surface area contributed by atoms with Gasteiger partial charge in [-0.15, -0.1) is 0 Å². The van der Waals surface area contributed by atoms with Crippen molar-refractivity contribution in [2.24, 2.45) is 5.92 Å². The van der Waals surface area contributed by atoms with E-state index >= 15 is 4.39 Å². The lowest BCUT2D eigenvalue weighted by atomic mass is 10.1. The number of benzene rings is 1. The van der Waals surface area contributed by atoms with Gasteiger partial charge in [-0.25, -0.2) is 8.96 Å². The highest BCUT2D eigenvalue weighted by Gasteiger charge is 2.57. The summed E-state index contributed by atoms with van der Waals surface area (Å²) in [7, 11) is -3.91. The Kier molecular flexibility index (Phi) is 7.40.